The highest BCUT2D eigenvalue weighted by Gasteiger charge is 2.21. The minimum atomic E-state index is -0.152. The van der Waals surface area contributed by atoms with Crippen LogP contribution >= 0.6 is 0 Å². The van der Waals surface area contributed by atoms with Crippen molar-refractivity contribution in [1.29, 1.82) is 0 Å². The van der Waals surface area contributed by atoms with Gasteiger partial charge in [0.25, 0.3) is 0 Å². The molecule has 1 aliphatic rings. The average molecular weight is 206 g/mol. The zero-order valence-electron chi connectivity index (χ0n) is 8.36. The molecule has 0 spiro atoms. The van der Waals surface area contributed by atoms with E-state index < -0.39 is 0 Å². The minimum absolute atomic E-state index is 0.0524. The van der Waals surface area contributed by atoms with Crippen LogP contribution in [-0.2, 0) is 4.79 Å². The maximum atomic E-state index is 11.5. The fourth-order valence-electron chi connectivity index (χ4n) is 1.65. The van der Waals surface area contributed by atoms with Crippen LogP contribution in [0.1, 0.15) is 12.8 Å². The molecule has 1 fully saturated rings. The molecule has 5 nitrogen and oxygen atoms in total. The molecule has 0 aromatic carbocycles. The summed E-state index contributed by atoms with van der Waals surface area (Å²) >= 11 is 0. The van der Waals surface area contributed by atoms with Gasteiger partial charge in [0, 0.05) is 24.5 Å². The van der Waals surface area contributed by atoms with E-state index >= 15 is 0 Å². The lowest BCUT2D eigenvalue weighted by Gasteiger charge is -2.23. The molecule has 1 atom stereocenters. The molecule has 5 heteroatoms. The predicted molar refractivity (Wildman–Crippen MR) is 58.3 cm³/mol. The van der Waals surface area contributed by atoms with Gasteiger partial charge in [-0.15, -0.1) is 0 Å². The van der Waals surface area contributed by atoms with Crippen LogP contribution in [0.3, 0.4) is 0 Å². The number of nitrogens with zero attached hydrogens (tertiary/aromatic N) is 1. The second-order valence-corrected chi connectivity index (χ2v) is 3.60. The van der Waals surface area contributed by atoms with E-state index in [0.717, 1.165) is 25.1 Å². The number of anilines is 2. The number of nitrogens with one attached hydrogen (secondary N) is 2. The van der Waals surface area contributed by atoms with Crippen LogP contribution in [0, 0.1) is 0 Å². The highest BCUT2D eigenvalue weighted by Crippen LogP contribution is 2.14. The van der Waals surface area contributed by atoms with Crippen LogP contribution in [-0.4, -0.2) is 23.5 Å². The van der Waals surface area contributed by atoms with E-state index in [0.29, 0.717) is 5.82 Å². The third-order valence-electron chi connectivity index (χ3n) is 2.41. The molecule has 15 heavy (non-hydrogen) atoms. The van der Waals surface area contributed by atoms with Gasteiger partial charge in [0.2, 0.25) is 5.91 Å². The summed E-state index contributed by atoms with van der Waals surface area (Å²) in [5.41, 5.74) is 6.38. The fraction of sp³-hybridized carbons (Fsp3) is 0.400. The van der Waals surface area contributed by atoms with Crippen LogP contribution in [0.25, 0.3) is 0 Å². The van der Waals surface area contributed by atoms with Crippen LogP contribution < -0.4 is 16.4 Å². The van der Waals surface area contributed by atoms with E-state index in [9.17, 15) is 4.79 Å². The Morgan fingerprint density at radius 1 is 1.60 bits per heavy atom. The van der Waals surface area contributed by atoms with E-state index in [-0.39, 0.29) is 11.9 Å². The van der Waals surface area contributed by atoms with Gasteiger partial charge in [-0.1, -0.05) is 0 Å². The Morgan fingerprint density at radius 2 is 2.47 bits per heavy atom. The number of hydrogen-bond donors (Lipinski definition) is 3. The van der Waals surface area contributed by atoms with E-state index in [2.05, 4.69) is 15.6 Å². The van der Waals surface area contributed by atoms with Gasteiger partial charge in [0.05, 0.1) is 0 Å². The molecule has 4 N–H and O–H groups in total. The quantitative estimate of drug-likeness (QED) is 0.652. The lowest BCUT2D eigenvalue weighted by molar-refractivity contribution is -0.123. The van der Waals surface area contributed by atoms with Crippen molar-refractivity contribution in [3.05, 3.63) is 18.3 Å². The van der Waals surface area contributed by atoms with Crippen LogP contribution in [0.5, 0.6) is 0 Å². The number of carbonyl (C=O) groups is 1. The molecule has 0 saturated carbocycles. The van der Waals surface area contributed by atoms with E-state index in [1.54, 1.807) is 18.3 Å². The Kier molecular flexibility index (Phi) is 2.71. The molecule has 1 aliphatic heterocycles. The number of amides is 1. The van der Waals surface area contributed by atoms with Gasteiger partial charge >= 0.3 is 0 Å². The first-order valence-electron chi connectivity index (χ1n) is 5.01. The molecule has 2 rings (SSSR count). The molecule has 1 amide bonds. The number of pyridine rings is 1. The Labute approximate surface area is 88.1 Å². The van der Waals surface area contributed by atoms with Crippen LogP contribution in [0.4, 0.5) is 11.5 Å². The number of nitrogens with two attached hydrogens (primary N) is 1. The highest BCUT2D eigenvalue weighted by molar-refractivity contribution is 5.85. The molecular weight excluding hydrogens is 192 g/mol. The molecule has 1 saturated heterocycles. The van der Waals surface area contributed by atoms with Crippen molar-refractivity contribution < 1.29 is 4.79 Å². The SMILES string of the molecule is Nc1cc(NC2CCCNC2=O)ccn1. The number of carbonyl (C=O) groups excluding carboxylic acids is 1. The summed E-state index contributed by atoms with van der Waals surface area (Å²) in [6, 6.07) is 3.38. The number of hydrogen-bond acceptors (Lipinski definition) is 4. The third kappa shape index (κ3) is 2.37. The van der Waals surface area contributed by atoms with Gasteiger partial charge in [-0.3, -0.25) is 4.79 Å². The highest BCUT2D eigenvalue weighted by atomic mass is 16.2. The summed E-state index contributed by atoms with van der Waals surface area (Å²) in [7, 11) is 0. The first kappa shape index (κ1) is 9.76. The van der Waals surface area contributed by atoms with Crippen molar-refractivity contribution in [3.63, 3.8) is 0 Å². The standard InChI is InChI=1S/C10H14N4O/c11-9-6-7(3-5-12-9)14-8-2-1-4-13-10(8)15/h3,5-6,8H,1-2,4H2,(H,13,15)(H3,11,12,14). The molecule has 80 valence electrons. The topological polar surface area (TPSA) is 80.0 Å². The zero-order chi connectivity index (χ0) is 10.7. The normalized spacial score (nSPS) is 20.8. The number of piperidine rings is 1. The number of nitrogen functional groups attached to an aromatic ring is 1. The second-order valence-electron chi connectivity index (χ2n) is 3.60. The average Bonchev–Trinajstić information content (AvgIpc) is 2.22. The lowest BCUT2D eigenvalue weighted by atomic mass is 10.1. The molecule has 1 aromatic heterocycles. The first-order valence-corrected chi connectivity index (χ1v) is 5.01. The maximum Gasteiger partial charge on any atom is 0.242 e. The minimum Gasteiger partial charge on any atom is -0.384 e. The van der Waals surface area contributed by atoms with Crippen LogP contribution in [0.15, 0.2) is 18.3 Å². The molecule has 0 aliphatic carbocycles. The third-order valence-corrected chi connectivity index (χ3v) is 2.41. The van der Waals surface area contributed by atoms with Crippen molar-refractivity contribution in [2.75, 3.05) is 17.6 Å². The van der Waals surface area contributed by atoms with Gasteiger partial charge < -0.3 is 16.4 Å². The van der Waals surface area contributed by atoms with Gasteiger partial charge in [0.1, 0.15) is 11.9 Å². The van der Waals surface area contributed by atoms with Crippen LogP contribution in [0.2, 0.25) is 0 Å². The summed E-state index contributed by atoms with van der Waals surface area (Å²) < 4.78 is 0. The van der Waals surface area contributed by atoms with Gasteiger partial charge in [-0.25, -0.2) is 4.98 Å². The molecular formula is C10H14N4O. The first-order chi connectivity index (χ1) is 7.25. The summed E-state index contributed by atoms with van der Waals surface area (Å²) in [6.45, 7) is 0.773. The Morgan fingerprint density at radius 3 is 3.20 bits per heavy atom. The Hall–Kier alpha value is -1.78. The lowest BCUT2D eigenvalue weighted by Crippen LogP contribution is -2.44. The van der Waals surface area contributed by atoms with E-state index in [1.807, 2.05) is 0 Å². The molecule has 0 radical (unpaired) electrons. The van der Waals surface area contributed by atoms with Gasteiger partial charge in [0.15, 0.2) is 0 Å². The number of aromatic nitrogens is 1. The fourth-order valence-corrected chi connectivity index (χ4v) is 1.65. The van der Waals surface area contributed by atoms with Gasteiger partial charge in [-0.05, 0) is 18.9 Å². The summed E-state index contributed by atoms with van der Waals surface area (Å²) in [6.07, 6.45) is 3.48. The largest absolute Gasteiger partial charge is 0.384 e. The Balaban J connectivity index is 2.04. The van der Waals surface area contributed by atoms with Crippen molar-refractivity contribution in [3.8, 4) is 0 Å². The molecule has 2 heterocycles. The van der Waals surface area contributed by atoms with Crippen molar-refractivity contribution in [2.45, 2.75) is 18.9 Å². The van der Waals surface area contributed by atoms with E-state index in [4.69, 9.17) is 5.73 Å². The number of rotatable bonds is 2. The smallest absolute Gasteiger partial charge is 0.242 e. The maximum absolute atomic E-state index is 11.5. The van der Waals surface area contributed by atoms with Crippen molar-refractivity contribution >= 4 is 17.4 Å². The molecule has 0 bridgehead atoms. The van der Waals surface area contributed by atoms with Crippen molar-refractivity contribution in [2.24, 2.45) is 0 Å². The van der Waals surface area contributed by atoms with E-state index in [1.165, 1.54) is 0 Å². The Bertz CT molecular complexity index is 366. The van der Waals surface area contributed by atoms with Crippen molar-refractivity contribution in [1.82, 2.24) is 10.3 Å². The second kappa shape index (κ2) is 4.16. The zero-order valence-corrected chi connectivity index (χ0v) is 8.36. The molecule has 1 unspecified atom stereocenters. The molecule has 1 aromatic rings. The summed E-state index contributed by atoms with van der Waals surface area (Å²) in [5, 5.41) is 5.96. The monoisotopic (exact) mass is 206 g/mol. The predicted octanol–water partition coefficient (Wildman–Crippen LogP) is 0.354. The summed E-state index contributed by atoms with van der Waals surface area (Å²) in [5.74, 6) is 0.507. The summed E-state index contributed by atoms with van der Waals surface area (Å²) in [4.78, 5) is 15.4. The van der Waals surface area contributed by atoms with Gasteiger partial charge in [-0.2, -0.15) is 0 Å².